The van der Waals surface area contributed by atoms with Crippen molar-refractivity contribution in [1.29, 1.82) is 0 Å². The van der Waals surface area contributed by atoms with Crippen LogP contribution in [-0.4, -0.2) is 49.6 Å². The van der Waals surface area contributed by atoms with Crippen LogP contribution in [0.4, 0.5) is 0 Å². The van der Waals surface area contributed by atoms with Gasteiger partial charge in [0.2, 0.25) is 5.91 Å². The van der Waals surface area contributed by atoms with Gasteiger partial charge in [0.05, 0.1) is 14.2 Å². The Kier molecular flexibility index (Phi) is 9.38. The summed E-state index contributed by atoms with van der Waals surface area (Å²) in [6, 6.07) is 12.3. The fraction of sp³-hybridized carbons (Fsp3) is 0.440. The molecule has 0 aromatic heterocycles. The van der Waals surface area contributed by atoms with Crippen LogP contribution in [0.25, 0.3) is 0 Å². The van der Waals surface area contributed by atoms with E-state index >= 15 is 0 Å². The highest BCUT2D eigenvalue weighted by molar-refractivity contribution is 5.88. The van der Waals surface area contributed by atoms with Gasteiger partial charge < -0.3 is 24.4 Å². The van der Waals surface area contributed by atoms with Gasteiger partial charge in [-0.2, -0.15) is 0 Å². The lowest BCUT2D eigenvalue weighted by Crippen LogP contribution is -2.50. The number of carbonyl (C=O) groups excluding carboxylic acids is 2. The SMILES string of the molecule is CCC(C)NC(=O)C(C)N(Cc1cccc(C)c1)C(=O)COc1cc(OC)cc(OC)c1. The zero-order valence-electron chi connectivity index (χ0n) is 19.8. The standard InChI is InChI=1S/C25H34N2O5/c1-7-18(3)26-25(29)19(4)27(15-20-10-8-9-17(2)11-20)24(28)16-32-23-13-21(30-5)12-22(14-23)31-6/h8-14,18-19H,7,15-16H2,1-6H3,(H,26,29). The van der Waals surface area contributed by atoms with Gasteiger partial charge >= 0.3 is 0 Å². The molecule has 2 aromatic rings. The minimum absolute atomic E-state index is 0.0290. The van der Waals surface area contributed by atoms with Crippen LogP contribution >= 0.6 is 0 Å². The summed E-state index contributed by atoms with van der Waals surface area (Å²) in [6.07, 6.45) is 0.811. The molecule has 0 aliphatic rings. The second kappa shape index (κ2) is 12.0. The number of nitrogens with one attached hydrogen (secondary N) is 1. The molecule has 2 atom stereocenters. The minimum atomic E-state index is -0.652. The van der Waals surface area contributed by atoms with E-state index in [0.717, 1.165) is 17.5 Å². The molecular weight excluding hydrogens is 408 g/mol. The van der Waals surface area contributed by atoms with E-state index in [4.69, 9.17) is 14.2 Å². The fourth-order valence-corrected chi connectivity index (χ4v) is 3.15. The first-order valence-corrected chi connectivity index (χ1v) is 10.8. The molecule has 0 spiro atoms. The van der Waals surface area contributed by atoms with Crippen molar-refractivity contribution in [1.82, 2.24) is 10.2 Å². The highest BCUT2D eigenvalue weighted by atomic mass is 16.5. The molecule has 2 unspecified atom stereocenters. The summed E-state index contributed by atoms with van der Waals surface area (Å²) in [4.78, 5) is 27.5. The first-order valence-electron chi connectivity index (χ1n) is 10.8. The van der Waals surface area contributed by atoms with Crippen LogP contribution in [0.15, 0.2) is 42.5 Å². The Bertz CT molecular complexity index is 893. The molecule has 2 amide bonds. The van der Waals surface area contributed by atoms with Gasteiger partial charge in [-0.25, -0.2) is 0 Å². The maximum absolute atomic E-state index is 13.2. The molecular formula is C25H34N2O5. The Labute approximate surface area is 190 Å². The number of benzene rings is 2. The van der Waals surface area contributed by atoms with E-state index in [2.05, 4.69) is 5.32 Å². The van der Waals surface area contributed by atoms with Crippen LogP contribution in [0.5, 0.6) is 17.2 Å². The van der Waals surface area contributed by atoms with E-state index < -0.39 is 6.04 Å². The number of rotatable bonds is 11. The molecule has 0 aliphatic carbocycles. The van der Waals surface area contributed by atoms with Gasteiger partial charge in [0.1, 0.15) is 23.3 Å². The molecule has 0 aliphatic heterocycles. The summed E-state index contributed by atoms with van der Waals surface area (Å²) >= 11 is 0. The zero-order valence-corrected chi connectivity index (χ0v) is 19.8. The predicted molar refractivity (Wildman–Crippen MR) is 124 cm³/mol. The third-order valence-electron chi connectivity index (χ3n) is 5.29. The molecule has 0 heterocycles. The van der Waals surface area contributed by atoms with Crippen molar-refractivity contribution in [2.45, 2.75) is 52.7 Å². The predicted octanol–water partition coefficient (Wildman–Crippen LogP) is 3.72. The van der Waals surface area contributed by atoms with Crippen LogP contribution in [0.3, 0.4) is 0 Å². The number of hydrogen-bond acceptors (Lipinski definition) is 5. The first-order chi connectivity index (χ1) is 15.3. The smallest absolute Gasteiger partial charge is 0.261 e. The van der Waals surface area contributed by atoms with Crippen molar-refractivity contribution in [2.24, 2.45) is 0 Å². The highest BCUT2D eigenvalue weighted by Gasteiger charge is 2.27. The number of carbonyl (C=O) groups is 2. The van der Waals surface area contributed by atoms with Crippen LogP contribution in [0.1, 0.15) is 38.3 Å². The molecule has 2 aromatic carbocycles. The van der Waals surface area contributed by atoms with Gasteiger partial charge in [-0.15, -0.1) is 0 Å². The number of amides is 2. The Morgan fingerprint density at radius 2 is 1.62 bits per heavy atom. The van der Waals surface area contributed by atoms with Gasteiger partial charge in [-0.1, -0.05) is 36.8 Å². The van der Waals surface area contributed by atoms with Crippen molar-refractivity contribution < 1.29 is 23.8 Å². The monoisotopic (exact) mass is 442 g/mol. The van der Waals surface area contributed by atoms with Gasteiger partial charge in [-0.3, -0.25) is 9.59 Å². The summed E-state index contributed by atoms with van der Waals surface area (Å²) in [7, 11) is 3.09. The summed E-state index contributed by atoms with van der Waals surface area (Å²) in [5.74, 6) is 1.08. The number of hydrogen-bond donors (Lipinski definition) is 1. The largest absolute Gasteiger partial charge is 0.496 e. The summed E-state index contributed by atoms with van der Waals surface area (Å²) in [5, 5.41) is 2.96. The van der Waals surface area contributed by atoms with Gasteiger partial charge in [0.15, 0.2) is 6.61 Å². The average molecular weight is 443 g/mol. The van der Waals surface area contributed by atoms with Gasteiger partial charge in [-0.05, 0) is 32.8 Å². The molecule has 0 saturated carbocycles. The van der Waals surface area contributed by atoms with Gasteiger partial charge in [0, 0.05) is 30.8 Å². The molecule has 1 N–H and O–H groups in total. The molecule has 0 bridgehead atoms. The molecule has 7 heteroatoms. The van der Waals surface area contributed by atoms with E-state index in [9.17, 15) is 9.59 Å². The van der Waals surface area contributed by atoms with E-state index in [1.54, 1.807) is 44.2 Å². The molecule has 174 valence electrons. The van der Waals surface area contributed by atoms with Crippen molar-refractivity contribution in [3.05, 3.63) is 53.6 Å². The molecule has 0 radical (unpaired) electrons. The van der Waals surface area contributed by atoms with Crippen LogP contribution in [-0.2, 0) is 16.1 Å². The molecule has 7 nitrogen and oxygen atoms in total. The van der Waals surface area contributed by atoms with Crippen molar-refractivity contribution in [3.8, 4) is 17.2 Å². The second-order valence-corrected chi connectivity index (χ2v) is 7.84. The average Bonchev–Trinajstić information content (AvgIpc) is 2.80. The molecule has 32 heavy (non-hydrogen) atoms. The lowest BCUT2D eigenvalue weighted by molar-refractivity contribution is -0.142. The maximum atomic E-state index is 13.2. The van der Waals surface area contributed by atoms with Crippen LogP contribution in [0, 0.1) is 6.92 Å². The maximum Gasteiger partial charge on any atom is 0.261 e. The van der Waals surface area contributed by atoms with Crippen LogP contribution in [0.2, 0.25) is 0 Å². The van der Waals surface area contributed by atoms with E-state index in [0.29, 0.717) is 23.8 Å². The molecule has 0 fully saturated rings. The van der Waals surface area contributed by atoms with E-state index in [1.165, 1.54) is 0 Å². The highest BCUT2D eigenvalue weighted by Crippen LogP contribution is 2.27. The van der Waals surface area contributed by atoms with E-state index in [-0.39, 0.29) is 24.5 Å². The number of ether oxygens (including phenoxy) is 3. The topological polar surface area (TPSA) is 77.1 Å². The third-order valence-corrected chi connectivity index (χ3v) is 5.29. The van der Waals surface area contributed by atoms with Crippen molar-refractivity contribution in [2.75, 3.05) is 20.8 Å². The first kappa shape index (κ1) is 25.0. The Balaban J connectivity index is 2.20. The van der Waals surface area contributed by atoms with Crippen LogP contribution < -0.4 is 19.5 Å². The summed E-state index contributed by atoms with van der Waals surface area (Å²) < 4.78 is 16.2. The number of methoxy groups -OCH3 is 2. The Morgan fingerprint density at radius 1 is 1.00 bits per heavy atom. The summed E-state index contributed by atoms with van der Waals surface area (Å²) in [5.41, 5.74) is 2.04. The summed E-state index contributed by atoms with van der Waals surface area (Å²) in [6.45, 7) is 7.76. The zero-order chi connectivity index (χ0) is 23.7. The number of nitrogens with zero attached hydrogens (tertiary/aromatic N) is 1. The minimum Gasteiger partial charge on any atom is -0.496 e. The van der Waals surface area contributed by atoms with Gasteiger partial charge in [0.25, 0.3) is 5.91 Å². The second-order valence-electron chi connectivity index (χ2n) is 7.84. The lowest BCUT2D eigenvalue weighted by Gasteiger charge is -2.29. The lowest BCUT2D eigenvalue weighted by atomic mass is 10.1. The Morgan fingerprint density at radius 3 is 2.19 bits per heavy atom. The molecule has 2 rings (SSSR count). The number of aryl methyl sites for hydroxylation is 1. The van der Waals surface area contributed by atoms with Crippen molar-refractivity contribution in [3.63, 3.8) is 0 Å². The fourth-order valence-electron chi connectivity index (χ4n) is 3.15. The third kappa shape index (κ3) is 7.18. The quantitative estimate of drug-likeness (QED) is 0.574. The molecule has 0 saturated heterocycles. The van der Waals surface area contributed by atoms with E-state index in [1.807, 2.05) is 45.0 Å². The Hall–Kier alpha value is -3.22. The van der Waals surface area contributed by atoms with Crippen molar-refractivity contribution >= 4 is 11.8 Å². The normalized spacial score (nSPS) is 12.4.